The summed E-state index contributed by atoms with van der Waals surface area (Å²) in [6.07, 6.45) is 0. The van der Waals surface area contributed by atoms with Crippen molar-refractivity contribution in [3.05, 3.63) is 34.3 Å². The van der Waals surface area contributed by atoms with E-state index >= 15 is 0 Å². The molecular formula is C11H18BrN3. The first kappa shape index (κ1) is 12.6. The molecule has 0 unspecified atom stereocenters. The van der Waals surface area contributed by atoms with Gasteiger partial charge in [-0.1, -0.05) is 34.1 Å². The fraction of sp³-hybridized carbons (Fsp3) is 0.455. The summed E-state index contributed by atoms with van der Waals surface area (Å²) in [7, 11) is 0. The first-order valence-electron chi connectivity index (χ1n) is 5.14. The third-order valence-electron chi connectivity index (χ3n) is 2.24. The third-order valence-corrected chi connectivity index (χ3v) is 3.02. The fourth-order valence-electron chi connectivity index (χ4n) is 1.50. The van der Waals surface area contributed by atoms with Gasteiger partial charge < -0.3 is 11.5 Å². The lowest BCUT2D eigenvalue weighted by Gasteiger charge is -2.21. The van der Waals surface area contributed by atoms with Gasteiger partial charge in [0.2, 0.25) is 0 Å². The van der Waals surface area contributed by atoms with E-state index in [9.17, 15) is 0 Å². The fourth-order valence-corrected chi connectivity index (χ4v) is 1.91. The van der Waals surface area contributed by atoms with Gasteiger partial charge in [-0.3, -0.25) is 4.90 Å². The molecule has 0 amide bonds. The molecule has 0 heterocycles. The Labute approximate surface area is 99.6 Å². The number of halogens is 1. The zero-order valence-corrected chi connectivity index (χ0v) is 10.4. The van der Waals surface area contributed by atoms with Crippen LogP contribution in [-0.4, -0.2) is 31.1 Å². The van der Waals surface area contributed by atoms with Crippen LogP contribution in [0.4, 0.5) is 0 Å². The van der Waals surface area contributed by atoms with Crippen LogP contribution in [0.3, 0.4) is 0 Å². The minimum Gasteiger partial charge on any atom is -0.329 e. The summed E-state index contributed by atoms with van der Waals surface area (Å²) in [6.45, 7) is 4.02. The minimum atomic E-state index is 0.671. The lowest BCUT2D eigenvalue weighted by molar-refractivity contribution is 0.280. The first-order chi connectivity index (χ1) is 7.27. The normalized spacial score (nSPS) is 10.9. The van der Waals surface area contributed by atoms with Crippen LogP contribution in [0.25, 0.3) is 0 Å². The average Bonchev–Trinajstić information content (AvgIpc) is 2.22. The highest BCUT2D eigenvalue weighted by atomic mass is 79.9. The summed E-state index contributed by atoms with van der Waals surface area (Å²) in [6, 6.07) is 8.23. The van der Waals surface area contributed by atoms with Crippen molar-refractivity contribution in [2.75, 3.05) is 26.2 Å². The summed E-state index contributed by atoms with van der Waals surface area (Å²) < 4.78 is 1.14. The van der Waals surface area contributed by atoms with E-state index in [0.717, 1.165) is 24.1 Å². The molecular weight excluding hydrogens is 254 g/mol. The van der Waals surface area contributed by atoms with E-state index in [1.807, 2.05) is 12.1 Å². The molecule has 84 valence electrons. The number of hydrogen-bond donors (Lipinski definition) is 2. The van der Waals surface area contributed by atoms with Gasteiger partial charge in [0.15, 0.2) is 0 Å². The second kappa shape index (κ2) is 6.95. The van der Waals surface area contributed by atoms with Gasteiger partial charge in [-0.25, -0.2) is 0 Å². The molecule has 0 radical (unpaired) electrons. The van der Waals surface area contributed by atoms with Crippen molar-refractivity contribution >= 4 is 15.9 Å². The molecule has 1 aromatic rings. The summed E-state index contributed by atoms with van der Waals surface area (Å²) in [5.41, 5.74) is 12.4. The Morgan fingerprint density at radius 3 is 2.20 bits per heavy atom. The number of benzene rings is 1. The van der Waals surface area contributed by atoms with Crippen LogP contribution in [0.2, 0.25) is 0 Å². The monoisotopic (exact) mass is 271 g/mol. The van der Waals surface area contributed by atoms with Gasteiger partial charge in [0.05, 0.1) is 0 Å². The van der Waals surface area contributed by atoms with Gasteiger partial charge in [0.1, 0.15) is 0 Å². The Hall–Kier alpha value is -0.420. The van der Waals surface area contributed by atoms with Gasteiger partial charge in [0.25, 0.3) is 0 Å². The third kappa shape index (κ3) is 4.30. The van der Waals surface area contributed by atoms with Crippen molar-refractivity contribution in [3.63, 3.8) is 0 Å². The van der Waals surface area contributed by atoms with Crippen molar-refractivity contribution < 1.29 is 0 Å². The van der Waals surface area contributed by atoms with Crippen LogP contribution in [0, 0.1) is 0 Å². The highest BCUT2D eigenvalue weighted by Crippen LogP contribution is 2.17. The largest absolute Gasteiger partial charge is 0.329 e. The molecule has 4 heteroatoms. The maximum atomic E-state index is 5.56. The second-order valence-electron chi connectivity index (χ2n) is 3.44. The Morgan fingerprint density at radius 2 is 1.67 bits per heavy atom. The van der Waals surface area contributed by atoms with E-state index in [4.69, 9.17) is 11.5 Å². The van der Waals surface area contributed by atoms with E-state index in [0.29, 0.717) is 13.1 Å². The van der Waals surface area contributed by atoms with Gasteiger partial charge in [-0.2, -0.15) is 0 Å². The molecule has 0 bridgehead atoms. The van der Waals surface area contributed by atoms with Crippen molar-refractivity contribution in [3.8, 4) is 0 Å². The summed E-state index contributed by atoms with van der Waals surface area (Å²) in [5, 5.41) is 0. The molecule has 0 saturated carbocycles. The zero-order chi connectivity index (χ0) is 11.1. The molecule has 0 saturated heterocycles. The molecule has 0 fully saturated rings. The molecule has 0 aromatic heterocycles. The number of hydrogen-bond acceptors (Lipinski definition) is 3. The highest BCUT2D eigenvalue weighted by molar-refractivity contribution is 9.10. The summed E-state index contributed by atoms with van der Waals surface area (Å²) >= 11 is 3.54. The number of rotatable bonds is 6. The average molecular weight is 272 g/mol. The smallest absolute Gasteiger partial charge is 0.0246 e. The van der Waals surface area contributed by atoms with Crippen LogP contribution in [0.1, 0.15) is 5.56 Å². The Bertz CT molecular complexity index is 285. The summed E-state index contributed by atoms with van der Waals surface area (Å²) in [5.74, 6) is 0. The predicted octanol–water partition coefficient (Wildman–Crippen LogP) is 1.17. The number of nitrogens with zero attached hydrogens (tertiary/aromatic N) is 1. The standard InChI is InChI=1S/C11H18BrN3/c12-11-4-2-1-3-10(11)9-15(7-5-13)8-6-14/h1-4H,5-9,13-14H2. The molecule has 1 rings (SSSR count). The van der Waals surface area contributed by atoms with E-state index in [-0.39, 0.29) is 0 Å². The highest BCUT2D eigenvalue weighted by Gasteiger charge is 2.05. The maximum absolute atomic E-state index is 5.56. The molecule has 0 atom stereocenters. The zero-order valence-electron chi connectivity index (χ0n) is 8.82. The van der Waals surface area contributed by atoms with Crippen molar-refractivity contribution in [1.82, 2.24) is 4.90 Å². The van der Waals surface area contributed by atoms with Gasteiger partial charge in [-0.05, 0) is 11.6 Å². The van der Waals surface area contributed by atoms with Crippen molar-refractivity contribution in [1.29, 1.82) is 0 Å². The molecule has 4 N–H and O–H groups in total. The molecule has 3 nitrogen and oxygen atoms in total. The van der Waals surface area contributed by atoms with Gasteiger partial charge in [-0.15, -0.1) is 0 Å². The van der Waals surface area contributed by atoms with E-state index in [2.05, 4.69) is 33.0 Å². The molecule has 1 aromatic carbocycles. The molecule has 0 aliphatic heterocycles. The lowest BCUT2D eigenvalue weighted by atomic mass is 10.2. The SMILES string of the molecule is NCCN(CCN)Cc1ccccc1Br. The molecule has 15 heavy (non-hydrogen) atoms. The predicted molar refractivity (Wildman–Crippen MR) is 67.5 cm³/mol. The van der Waals surface area contributed by atoms with E-state index < -0.39 is 0 Å². The second-order valence-corrected chi connectivity index (χ2v) is 4.30. The minimum absolute atomic E-state index is 0.671. The summed E-state index contributed by atoms with van der Waals surface area (Å²) in [4.78, 5) is 2.26. The topological polar surface area (TPSA) is 55.3 Å². The Balaban J connectivity index is 2.60. The Morgan fingerprint density at radius 1 is 1.07 bits per heavy atom. The van der Waals surface area contributed by atoms with Crippen molar-refractivity contribution in [2.45, 2.75) is 6.54 Å². The van der Waals surface area contributed by atoms with Crippen molar-refractivity contribution in [2.24, 2.45) is 11.5 Å². The Kier molecular flexibility index (Phi) is 5.86. The quantitative estimate of drug-likeness (QED) is 0.817. The van der Waals surface area contributed by atoms with Crippen LogP contribution in [-0.2, 0) is 6.54 Å². The molecule has 0 aliphatic carbocycles. The van der Waals surface area contributed by atoms with Crippen LogP contribution in [0.5, 0.6) is 0 Å². The lowest BCUT2D eigenvalue weighted by Crippen LogP contribution is -2.33. The number of nitrogens with two attached hydrogens (primary N) is 2. The molecule has 0 spiro atoms. The van der Waals surface area contributed by atoms with Gasteiger partial charge in [0, 0.05) is 37.2 Å². The van der Waals surface area contributed by atoms with E-state index in [1.54, 1.807) is 0 Å². The van der Waals surface area contributed by atoms with Crippen LogP contribution < -0.4 is 11.5 Å². The molecule has 0 aliphatic rings. The van der Waals surface area contributed by atoms with E-state index in [1.165, 1.54) is 5.56 Å². The maximum Gasteiger partial charge on any atom is 0.0246 e. The van der Waals surface area contributed by atoms with Crippen LogP contribution >= 0.6 is 15.9 Å². The van der Waals surface area contributed by atoms with Crippen LogP contribution in [0.15, 0.2) is 28.7 Å². The first-order valence-corrected chi connectivity index (χ1v) is 5.93. The van der Waals surface area contributed by atoms with Gasteiger partial charge >= 0.3 is 0 Å².